The number of hydrogen-bond donors (Lipinski definition) is 0. The molecule has 0 unspecified atom stereocenters. The van der Waals surface area contributed by atoms with Crippen molar-refractivity contribution in [2.24, 2.45) is 0 Å². The van der Waals surface area contributed by atoms with Crippen LogP contribution in [0.3, 0.4) is 0 Å². The van der Waals surface area contributed by atoms with Gasteiger partial charge in [0.25, 0.3) is 0 Å². The maximum Gasteiger partial charge on any atom is 0.534 e. The highest BCUT2D eigenvalue weighted by Crippen LogP contribution is 2.46. The first-order chi connectivity index (χ1) is 12.8. The van der Waals surface area contributed by atoms with Crippen LogP contribution < -0.4 is 8.92 Å². The van der Waals surface area contributed by atoms with Crippen LogP contribution >= 0.6 is 0 Å². The lowest BCUT2D eigenvalue weighted by atomic mass is 9.95. The van der Waals surface area contributed by atoms with Gasteiger partial charge in [-0.05, 0) is 45.7 Å². The number of rotatable bonds is 2. The van der Waals surface area contributed by atoms with Crippen LogP contribution in [-0.4, -0.2) is 43.2 Å². The first-order valence-corrected chi connectivity index (χ1v) is 10.0. The normalized spacial score (nSPS) is 22.1. The predicted octanol–water partition coefficient (Wildman–Crippen LogP) is 3.75. The smallest absolute Gasteiger partial charge is 0.487 e. The molecule has 2 aliphatic heterocycles. The lowest BCUT2D eigenvalue weighted by molar-refractivity contribution is -0.0500. The zero-order valence-electron chi connectivity index (χ0n) is 15.4. The number of halogens is 3. The third-order valence-corrected chi connectivity index (χ3v) is 5.25. The molecule has 1 amide bonds. The average molecular weight is 423 g/mol. The maximum atomic E-state index is 12.6. The molecule has 2 heterocycles. The Morgan fingerprint density at radius 1 is 1.25 bits per heavy atom. The minimum absolute atomic E-state index is 0.181. The van der Waals surface area contributed by atoms with Gasteiger partial charge < -0.3 is 13.7 Å². The highest BCUT2D eigenvalue weighted by molar-refractivity contribution is 7.88. The van der Waals surface area contributed by atoms with Gasteiger partial charge in [-0.15, -0.1) is 0 Å². The van der Waals surface area contributed by atoms with Gasteiger partial charge in [0, 0.05) is 18.2 Å². The third-order valence-electron chi connectivity index (χ3n) is 4.28. The van der Waals surface area contributed by atoms with Crippen LogP contribution in [0.15, 0.2) is 18.2 Å². The van der Waals surface area contributed by atoms with Gasteiger partial charge >= 0.3 is 21.7 Å². The van der Waals surface area contributed by atoms with E-state index < -0.39 is 45.2 Å². The molecule has 0 saturated carbocycles. The Morgan fingerprint density at radius 2 is 1.93 bits per heavy atom. The summed E-state index contributed by atoms with van der Waals surface area (Å²) in [5, 5.41) is 0. The van der Waals surface area contributed by atoms with E-state index in [0.717, 1.165) is 12.1 Å². The van der Waals surface area contributed by atoms with Gasteiger partial charge in [0.05, 0.1) is 0 Å². The number of fused-ring (bicyclic) bond motifs is 3. The Hall–Kier alpha value is -2.17. The van der Waals surface area contributed by atoms with E-state index in [4.69, 9.17) is 9.47 Å². The summed E-state index contributed by atoms with van der Waals surface area (Å²) in [6, 6.07) is 3.14. The van der Waals surface area contributed by atoms with E-state index in [1.165, 1.54) is 11.0 Å². The van der Waals surface area contributed by atoms with Gasteiger partial charge in [-0.3, -0.25) is 4.90 Å². The van der Waals surface area contributed by atoms with Crippen molar-refractivity contribution in [1.82, 2.24) is 4.90 Å². The van der Waals surface area contributed by atoms with Crippen LogP contribution in [0.2, 0.25) is 0 Å². The van der Waals surface area contributed by atoms with Gasteiger partial charge in [-0.1, -0.05) is 0 Å². The van der Waals surface area contributed by atoms with E-state index in [1.54, 1.807) is 20.8 Å². The standard InChI is InChI=1S/C17H20F3NO6S/c1-16(2,3)26-15(22)21-8-4-5-12-14(21)11-7-6-10(9-13(11)25-12)27-28(23,24)17(18,19)20/h6-7,9,12,14H,4-5,8H2,1-3H3/t12-,14-/m0/s1. The Morgan fingerprint density at radius 3 is 2.54 bits per heavy atom. The number of alkyl halides is 3. The summed E-state index contributed by atoms with van der Waals surface area (Å²) in [6.45, 7) is 5.68. The highest BCUT2D eigenvalue weighted by Gasteiger charge is 2.49. The molecular weight excluding hydrogens is 403 g/mol. The van der Waals surface area contributed by atoms with Crippen LogP contribution in [0.5, 0.6) is 11.5 Å². The van der Waals surface area contributed by atoms with Gasteiger partial charge in [0.2, 0.25) is 0 Å². The molecule has 1 aromatic carbocycles. The molecule has 7 nitrogen and oxygen atoms in total. The molecule has 0 spiro atoms. The van der Waals surface area contributed by atoms with E-state index in [1.807, 2.05) is 0 Å². The molecule has 1 fully saturated rings. The summed E-state index contributed by atoms with van der Waals surface area (Å²) in [7, 11) is -5.78. The molecule has 11 heteroatoms. The summed E-state index contributed by atoms with van der Waals surface area (Å²) in [5.74, 6) is -0.334. The molecule has 1 aromatic rings. The molecule has 0 N–H and O–H groups in total. The van der Waals surface area contributed by atoms with E-state index in [0.29, 0.717) is 24.9 Å². The summed E-state index contributed by atoms with van der Waals surface area (Å²) in [6.07, 6.45) is 0.389. The van der Waals surface area contributed by atoms with Crippen LogP contribution in [0.1, 0.15) is 45.2 Å². The molecule has 28 heavy (non-hydrogen) atoms. The molecule has 0 aromatic heterocycles. The summed E-state index contributed by atoms with van der Waals surface area (Å²) >= 11 is 0. The number of ether oxygens (including phenoxy) is 2. The number of likely N-dealkylation sites (tertiary alicyclic amines) is 1. The second kappa shape index (κ2) is 6.71. The molecule has 0 aliphatic carbocycles. The monoisotopic (exact) mass is 423 g/mol. The van der Waals surface area contributed by atoms with E-state index in [9.17, 15) is 26.4 Å². The SMILES string of the molecule is CC(C)(C)OC(=O)N1CCC[C@@H]2Oc3cc(OS(=O)(=O)C(F)(F)F)ccc3[C@@H]21. The summed E-state index contributed by atoms with van der Waals surface area (Å²) in [5.41, 5.74) is -5.66. The Bertz CT molecular complexity index is 878. The molecule has 0 radical (unpaired) electrons. The Kier molecular flexibility index (Phi) is 4.93. The lowest BCUT2D eigenvalue weighted by Crippen LogP contribution is -2.46. The molecule has 3 rings (SSSR count). The quantitative estimate of drug-likeness (QED) is 0.532. The van der Waals surface area contributed by atoms with Gasteiger partial charge in [-0.2, -0.15) is 21.6 Å². The molecule has 0 bridgehead atoms. The second-order valence-electron chi connectivity index (χ2n) is 7.60. The summed E-state index contributed by atoms with van der Waals surface area (Å²) < 4.78 is 75.2. The number of carbonyl (C=O) groups excluding carboxylic acids is 1. The van der Waals surface area contributed by atoms with E-state index in [-0.39, 0.29) is 5.75 Å². The van der Waals surface area contributed by atoms with Crippen LogP contribution in [0.25, 0.3) is 0 Å². The van der Waals surface area contributed by atoms with Crippen molar-refractivity contribution >= 4 is 16.2 Å². The van der Waals surface area contributed by atoms with Crippen molar-refractivity contribution in [3.8, 4) is 11.5 Å². The fourth-order valence-electron chi connectivity index (χ4n) is 3.23. The van der Waals surface area contributed by atoms with Gasteiger partial charge in [0.1, 0.15) is 29.2 Å². The van der Waals surface area contributed by atoms with E-state index >= 15 is 0 Å². The molecule has 2 atom stereocenters. The zero-order valence-corrected chi connectivity index (χ0v) is 16.3. The average Bonchev–Trinajstić information content (AvgIpc) is 2.89. The van der Waals surface area contributed by atoms with Crippen molar-refractivity contribution < 1.29 is 40.0 Å². The third kappa shape index (κ3) is 3.98. The molecule has 156 valence electrons. The van der Waals surface area contributed by atoms with Crippen molar-refractivity contribution in [3.63, 3.8) is 0 Å². The van der Waals surface area contributed by atoms with Crippen LogP contribution in [-0.2, 0) is 14.9 Å². The lowest BCUT2D eigenvalue weighted by Gasteiger charge is -2.37. The van der Waals surface area contributed by atoms with Gasteiger partial charge in [0.15, 0.2) is 0 Å². The molecular formula is C17H20F3NO6S. The van der Waals surface area contributed by atoms with Crippen LogP contribution in [0, 0.1) is 0 Å². The fourth-order valence-corrected chi connectivity index (χ4v) is 3.68. The number of nitrogens with zero attached hydrogens (tertiary/aromatic N) is 1. The minimum atomic E-state index is -5.78. The van der Waals surface area contributed by atoms with Gasteiger partial charge in [-0.25, -0.2) is 4.79 Å². The maximum absolute atomic E-state index is 12.6. The van der Waals surface area contributed by atoms with E-state index in [2.05, 4.69) is 4.18 Å². The second-order valence-corrected chi connectivity index (χ2v) is 9.14. The first kappa shape index (κ1) is 20.6. The van der Waals surface area contributed by atoms with Crippen molar-refractivity contribution in [2.75, 3.05) is 6.54 Å². The highest BCUT2D eigenvalue weighted by atomic mass is 32.2. The van der Waals surface area contributed by atoms with Crippen molar-refractivity contribution in [2.45, 2.75) is 56.9 Å². The number of carbonyl (C=O) groups is 1. The number of hydrogen-bond acceptors (Lipinski definition) is 6. The Labute approximate surface area is 160 Å². The molecule has 1 saturated heterocycles. The van der Waals surface area contributed by atoms with Crippen LogP contribution in [0.4, 0.5) is 18.0 Å². The first-order valence-electron chi connectivity index (χ1n) is 8.59. The number of piperidine rings is 1. The number of amides is 1. The largest absolute Gasteiger partial charge is 0.534 e. The predicted molar refractivity (Wildman–Crippen MR) is 91.4 cm³/mol. The zero-order chi connectivity index (χ0) is 20.9. The van der Waals surface area contributed by atoms with Crippen molar-refractivity contribution in [3.05, 3.63) is 23.8 Å². The summed E-state index contributed by atoms with van der Waals surface area (Å²) in [4.78, 5) is 14.1. The molecule has 2 aliphatic rings. The Balaban J connectivity index is 1.86. The van der Waals surface area contributed by atoms with Crippen molar-refractivity contribution in [1.29, 1.82) is 0 Å². The minimum Gasteiger partial charge on any atom is -0.487 e. The number of benzene rings is 1. The topological polar surface area (TPSA) is 82.1 Å². The fraction of sp³-hybridized carbons (Fsp3) is 0.588.